The van der Waals surface area contributed by atoms with E-state index in [9.17, 15) is 9.90 Å². The highest BCUT2D eigenvalue weighted by Gasteiger charge is 2.26. The average molecular weight is 559 g/mol. The second kappa shape index (κ2) is 10.9. The van der Waals surface area contributed by atoms with Crippen molar-refractivity contribution in [3.8, 4) is 28.5 Å². The monoisotopic (exact) mass is 558 g/mol. The van der Waals surface area contributed by atoms with Gasteiger partial charge < -0.3 is 9.84 Å². The first-order valence-electron chi connectivity index (χ1n) is 13.8. The Morgan fingerprint density at radius 1 is 0.881 bits per heavy atom. The molecule has 0 aliphatic rings. The minimum absolute atomic E-state index is 0.187. The Balaban J connectivity index is 1.32. The molecule has 0 atom stereocenters. The van der Waals surface area contributed by atoms with Crippen molar-refractivity contribution in [1.82, 2.24) is 29.8 Å². The Kier molecular flexibility index (Phi) is 7.00. The lowest BCUT2D eigenvalue weighted by atomic mass is 9.95. The van der Waals surface area contributed by atoms with Crippen LogP contribution in [0.15, 0.2) is 97.1 Å². The summed E-state index contributed by atoms with van der Waals surface area (Å²) in [4.78, 5) is 18.2. The molecule has 42 heavy (non-hydrogen) atoms. The fourth-order valence-corrected chi connectivity index (χ4v) is 5.15. The van der Waals surface area contributed by atoms with E-state index >= 15 is 0 Å². The van der Waals surface area contributed by atoms with E-state index in [2.05, 4.69) is 41.3 Å². The summed E-state index contributed by atoms with van der Waals surface area (Å²) in [6, 6.07) is 31.7. The summed E-state index contributed by atoms with van der Waals surface area (Å²) in [5.74, 6) is -0.458. The molecule has 0 aliphatic carbocycles. The van der Waals surface area contributed by atoms with Crippen LogP contribution < -0.4 is 4.74 Å². The van der Waals surface area contributed by atoms with Crippen LogP contribution in [-0.4, -0.2) is 47.4 Å². The van der Waals surface area contributed by atoms with Crippen molar-refractivity contribution in [3.05, 3.63) is 114 Å². The topological polar surface area (TPSA) is 108 Å². The van der Waals surface area contributed by atoms with Crippen LogP contribution in [0.25, 0.3) is 33.5 Å². The molecular formula is C33H30N6O3. The molecule has 0 bridgehead atoms. The van der Waals surface area contributed by atoms with E-state index in [1.807, 2.05) is 78.2 Å². The number of imidazole rings is 1. The van der Waals surface area contributed by atoms with Gasteiger partial charge >= 0.3 is 5.97 Å². The Hall–Kier alpha value is -5.31. The Labute approximate surface area is 243 Å². The van der Waals surface area contributed by atoms with E-state index in [0.717, 1.165) is 27.8 Å². The Morgan fingerprint density at radius 3 is 2.31 bits per heavy atom. The minimum Gasteiger partial charge on any atom is -0.478 e. The minimum atomic E-state index is -1.01. The molecule has 2 aromatic heterocycles. The fourth-order valence-electron chi connectivity index (χ4n) is 5.15. The van der Waals surface area contributed by atoms with E-state index in [4.69, 9.17) is 9.84 Å². The first kappa shape index (κ1) is 26.9. The van der Waals surface area contributed by atoms with Crippen LogP contribution in [0, 0.1) is 0 Å². The third-order valence-corrected chi connectivity index (χ3v) is 7.40. The largest absolute Gasteiger partial charge is 0.478 e. The molecule has 9 nitrogen and oxygen atoms in total. The van der Waals surface area contributed by atoms with Gasteiger partial charge in [0.25, 0.3) is 6.01 Å². The molecule has 6 aromatic rings. The summed E-state index contributed by atoms with van der Waals surface area (Å²) in [7, 11) is 0. The average Bonchev–Trinajstić information content (AvgIpc) is 3.64. The molecule has 0 unspecified atom stereocenters. The number of aromatic nitrogens is 6. The number of carboxylic acids is 1. The molecule has 0 spiro atoms. The number of rotatable bonds is 9. The third kappa shape index (κ3) is 4.89. The van der Waals surface area contributed by atoms with E-state index in [1.165, 1.54) is 0 Å². The van der Waals surface area contributed by atoms with Gasteiger partial charge in [-0.3, -0.25) is 4.57 Å². The van der Waals surface area contributed by atoms with E-state index in [0.29, 0.717) is 36.0 Å². The van der Waals surface area contributed by atoms with Crippen molar-refractivity contribution < 1.29 is 14.6 Å². The molecule has 0 saturated heterocycles. The molecule has 2 heterocycles. The first-order valence-corrected chi connectivity index (χ1v) is 13.8. The van der Waals surface area contributed by atoms with Crippen LogP contribution >= 0.6 is 0 Å². The van der Waals surface area contributed by atoms with Crippen molar-refractivity contribution in [2.24, 2.45) is 0 Å². The van der Waals surface area contributed by atoms with Gasteiger partial charge in [-0.1, -0.05) is 84.9 Å². The summed E-state index contributed by atoms with van der Waals surface area (Å²) in [6.45, 7) is 6.84. The standard InChI is InChI=1S/C33H30N6O3/c1-4-42-32-34-28-16-10-15-27(31(40)41)29(28)38(32)21-22-17-19-23(20-18-22)25-13-8-9-14-26(25)30-35-37-39(36-30)33(2,3)24-11-6-5-7-12-24/h5-20H,4,21H2,1-3H3,(H,40,41). The number of carboxylic acid groups (broad SMARTS) is 1. The van der Waals surface area contributed by atoms with Gasteiger partial charge in [0.1, 0.15) is 5.54 Å². The lowest BCUT2D eigenvalue weighted by molar-refractivity contribution is 0.0698. The highest BCUT2D eigenvalue weighted by atomic mass is 16.5. The second-order valence-electron chi connectivity index (χ2n) is 10.5. The number of aromatic carboxylic acids is 1. The van der Waals surface area contributed by atoms with Gasteiger partial charge in [-0.15, -0.1) is 10.2 Å². The predicted molar refractivity (Wildman–Crippen MR) is 161 cm³/mol. The summed E-state index contributed by atoms with van der Waals surface area (Å²) >= 11 is 0. The first-order chi connectivity index (χ1) is 20.4. The molecule has 0 radical (unpaired) electrons. The number of benzene rings is 4. The van der Waals surface area contributed by atoms with Gasteiger partial charge in [-0.2, -0.15) is 9.78 Å². The van der Waals surface area contributed by atoms with Crippen LogP contribution in [-0.2, 0) is 12.1 Å². The zero-order valence-corrected chi connectivity index (χ0v) is 23.6. The number of para-hydroxylation sites is 1. The van der Waals surface area contributed by atoms with E-state index in [-0.39, 0.29) is 5.56 Å². The molecule has 210 valence electrons. The molecule has 0 fully saturated rings. The molecular weight excluding hydrogens is 528 g/mol. The number of carbonyl (C=O) groups is 1. The van der Waals surface area contributed by atoms with Crippen LogP contribution in [0.3, 0.4) is 0 Å². The number of ether oxygens (including phenoxy) is 1. The molecule has 0 aliphatic heterocycles. The lowest BCUT2D eigenvalue weighted by Crippen LogP contribution is -2.30. The van der Waals surface area contributed by atoms with Crippen molar-refractivity contribution in [2.45, 2.75) is 32.9 Å². The molecule has 1 N–H and O–H groups in total. The molecule has 9 heteroatoms. The van der Waals surface area contributed by atoms with Crippen LogP contribution in [0.1, 0.15) is 42.3 Å². The summed E-state index contributed by atoms with van der Waals surface area (Å²) in [5, 5.41) is 23.4. The zero-order valence-electron chi connectivity index (χ0n) is 23.6. The number of fused-ring (bicyclic) bond motifs is 1. The predicted octanol–water partition coefficient (Wildman–Crippen LogP) is 6.29. The number of hydrogen-bond acceptors (Lipinski definition) is 6. The third-order valence-electron chi connectivity index (χ3n) is 7.40. The van der Waals surface area contributed by atoms with Gasteiger partial charge in [-0.05, 0) is 60.4 Å². The van der Waals surface area contributed by atoms with Gasteiger partial charge in [0.05, 0.1) is 29.7 Å². The summed E-state index contributed by atoms with van der Waals surface area (Å²) < 4.78 is 7.60. The van der Waals surface area contributed by atoms with E-state index < -0.39 is 11.5 Å². The molecule has 0 amide bonds. The maximum absolute atomic E-state index is 12.0. The van der Waals surface area contributed by atoms with Gasteiger partial charge in [-0.25, -0.2) is 4.79 Å². The highest BCUT2D eigenvalue weighted by Crippen LogP contribution is 2.32. The number of tetrazole rings is 1. The maximum atomic E-state index is 12.0. The quantitative estimate of drug-likeness (QED) is 0.222. The van der Waals surface area contributed by atoms with Gasteiger partial charge in [0.2, 0.25) is 5.82 Å². The maximum Gasteiger partial charge on any atom is 0.337 e. The van der Waals surface area contributed by atoms with Crippen LogP contribution in [0.5, 0.6) is 6.01 Å². The summed E-state index contributed by atoms with van der Waals surface area (Å²) in [6.07, 6.45) is 0. The van der Waals surface area contributed by atoms with Crippen LogP contribution in [0.2, 0.25) is 0 Å². The molecule has 0 saturated carbocycles. The molecule has 4 aromatic carbocycles. The molecule has 6 rings (SSSR count). The van der Waals surface area contributed by atoms with E-state index in [1.54, 1.807) is 23.0 Å². The van der Waals surface area contributed by atoms with Gasteiger partial charge in [0, 0.05) is 5.56 Å². The van der Waals surface area contributed by atoms with Crippen molar-refractivity contribution in [1.29, 1.82) is 0 Å². The Morgan fingerprint density at radius 2 is 1.60 bits per heavy atom. The lowest BCUT2D eigenvalue weighted by Gasteiger charge is -2.23. The van der Waals surface area contributed by atoms with Crippen molar-refractivity contribution >= 4 is 17.0 Å². The fraction of sp³-hybridized carbons (Fsp3) is 0.182. The van der Waals surface area contributed by atoms with Gasteiger partial charge in [0.15, 0.2) is 0 Å². The highest BCUT2D eigenvalue weighted by molar-refractivity contribution is 6.01. The summed E-state index contributed by atoms with van der Waals surface area (Å²) in [5.41, 5.74) is 5.77. The smallest absolute Gasteiger partial charge is 0.337 e. The normalized spacial score (nSPS) is 11.6. The second-order valence-corrected chi connectivity index (χ2v) is 10.5. The van der Waals surface area contributed by atoms with Crippen LogP contribution in [0.4, 0.5) is 0 Å². The zero-order chi connectivity index (χ0) is 29.3. The van der Waals surface area contributed by atoms with Crippen molar-refractivity contribution in [3.63, 3.8) is 0 Å². The number of hydrogen-bond donors (Lipinski definition) is 1. The van der Waals surface area contributed by atoms with Crippen molar-refractivity contribution in [2.75, 3.05) is 6.61 Å². The SMILES string of the molecule is CCOc1nc2cccc(C(=O)O)c2n1Cc1ccc(-c2ccccc2-c2nnn(C(C)(C)c3ccccc3)n2)cc1. The Bertz CT molecular complexity index is 1870. The number of nitrogens with zero attached hydrogens (tertiary/aromatic N) is 6.